The highest BCUT2D eigenvalue weighted by molar-refractivity contribution is 6.09. The van der Waals surface area contributed by atoms with E-state index in [0.29, 0.717) is 23.7 Å². The SMILES string of the molecule is Cc1ccc([C@@]2(C)NC(=O)N(CC(=O)N(C)C[C@H]3COc4ccccc4O3)C2=O)cc1. The molecular formula is C23H25N3O5. The Morgan fingerprint density at radius 1 is 1.16 bits per heavy atom. The molecular weight excluding hydrogens is 398 g/mol. The van der Waals surface area contributed by atoms with Gasteiger partial charge in [-0.05, 0) is 31.5 Å². The molecule has 0 aliphatic carbocycles. The molecule has 2 aromatic rings. The van der Waals surface area contributed by atoms with Crippen molar-refractivity contribution in [3.63, 3.8) is 0 Å². The highest BCUT2D eigenvalue weighted by Crippen LogP contribution is 2.31. The van der Waals surface area contributed by atoms with Gasteiger partial charge in [-0.2, -0.15) is 0 Å². The zero-order valence-electron chi connectivity index (χ0n) is 17.8. The van der Waals surface area contributed by atoms with Crippen molar-refractivity contribution < 1.29 is 23.9 Å². The van der Waals surface area contributed by atoms with Gasteiger partial charge < -0.3 is 19.7 Å². The van der Waals surface area contributed by atoms with Crippen LogP contribution in [0.1, 0.15) is 18.1 Å². The van der Waals surface area contributed by atoms with Crippen molar-refractivity contribution in [1.82, 2.24) is 15.1 Å². The number of carbonyl (C=O) groups excluding carboxylic acids is 3. The van der Waals surface area contributed by atoms with Crippen molar-refractivity contribution in [3.8, 4) is 11.5 Å². The fourth-order valence-electron chi connectivity index (χ4n) is 3.74. The van der Waals surface area contributed by atoms with Gasteiger partial charge in [0.25, 0.3) is 5.91 Å². The van der Waals surface area contributed by atoms with Crippen molar-refractivity contribution in [2.24, 2.45) is 0 Å². The zero-order chi connectivity index (χ0) is 22.2. The maximum atomic E-state index is 13.0. The molecule has 0 unspecified atom stereocenters. The number of aryl methyl sites for hydroxylation is 1. The summed E-state index contributed by atoms with van der Waals surface area (Å²) in [4.78, 5) is 40.7. The second kappa shape index (κ2) is 7.94. The van der Waals surface area contributed by atoms with Gasteiger partial charge >= 0.3 is 6.03 Å². The third-order valence-corrected chi connectivity index (χ3v) is 5.67. The number of likely N-dealkylation sites (N-methyl/N-ethyl adjacent to an activating group) is 1. The van der Waals surface area contributed by atoms with Crippen molar-refractivity contribution in [1.29, 1.82) is 0 Å². The van der Waals surface area contributed by atoms with E-state index in [9.17, 15) is 14.4 Å². The largest absolute Gasteiger partial charge is 0.486 e. The summed E-state index contributed by atoms with van der Waals surface area (Å²) in [5, 5.41) is 2.72. The molecule has 31 heavy (non-hydrogen) atoms. The maximum absolute atomic E-state index is 13.0. The molecule has 2 aromatic carbocycles. The first-order chi connectivity index (χ1) is 14.8. The monoisotopic (exact) mass is 423 g/mol. The highest BCUT2D eigenvalue weighted by atomic mass is 16.6. The number of rotatable bonds is 5. The standard InChI is InChI=1S/C23H25N3O5/c1-15-8-10-16(11-9-15)23(2)21(28)26(22(29)24-23)13-20(27)25(3)12-17-14-30-18-6-4-5-7-19(18)31-17/h4-11,17H,12-14H2,1-3H3,(H,24,29)/t17-,23+/m0/s1. The molecule has 4 amide bonds. The number of para-hydroxylation sites is 2. The van der Waals surface area contributed by atoms with Gasteiger partial charge in [-0.15, -0.1) is 0 Å². The molecule has 0 saturated carbocycles. The second-order valence-electron chi connectivity index (χ2n) is 8.08. The first-order valence-corrected chi connectivity index (χ1v) is 10.1. The predicted molar refractivity (Wildman–Crippen MR) is 113 cm³/mol. The molecule has 1 fully saturated rings. The summed E-state index contributed by atoms with van der Waals surface area (Å²) in [6.07, 6.45) is -0.343. The minimum Gasteiger partial charge on any atom is -0.486 e. The maximum Gasteiger partial charge on any atom is 0.325 e. The normalized spacial score (nSPS) is 22.3. The Morgan fingerprint density at radius 2 is 1.84 bits per heavy atom. The van der Waals surface area contributed by atoms with Gasteiger partial charge in [0.2, 0.25) is 5.91 Å². The molecule has 2 aliphatic rings. The Balaban J connectivity index is 1.39. The minimum absolute atomic E-state index is 0.270. The van der Waals surface area contributed by atoms with Gasteiger partial charge in [0.15, 0.2) is 17.6 Å². The van der Waals surface area contributed by atoms with E-state index < -0.39 is 17.5 Å². The zero-order valence-corrected chi connectivity index (χ0v) is 17.8. The molecule has 2 aliphatic heterocycles. The van der Waals surface area contributed by atoms with Gasteiger partial charge in [-0.3, -0.25) is 14.5 Å². The number of urea groups is 1. The average molecular weight is 423 g/mol. The van der Waals surface area contributed by atoms with Gasteiger partial charge in [-0.1, -0.05) is 42.0 Å². The molecule has 1 N–H and O–H groups in total. The van der Waals surface area contributed by atoms with Crippen molar-refractivity contribution >= 4 is 17.8 Å². The van der Waals surface area contributed by atoms with Gasteiger partial charge in [0, 0.05) is 7.05 Å². The quantitative estimate of drug-likeness (QED) is 0.744. The van der Waals surface area contributed by atoms with Crippen LogP contribution < -0.4 is 14.8 Å². The third kappa shape index (κ3) is 3.93. The van der Waals surface area contributed by atoms with E-state index in [4.69, 9.17) is 9.47 Å². The van der Waals surface area contributed by atoms with Crippen molar-refractivity contribution in [3.05, 3.63) is 59.7 Å². The lowest BCUT2D eigenvalue weighted by molar-refractivity contribution is -0.138. The number of fused-ring (bicyclic) bond motifs is 1. The Morgan fingerprint density at radius 3 is 2.55 bits per heavy atom. The fourth-order valence-corrected chi connectivity index (χ4v) is 3.74. The summed E-state index contributed by atoms with van der Waals surface area (Å²) in [6, 6.07) is 14.1. The summed E-state index contributed by atoms with van der Waals surface area (Å²) < 4.78 is 11.6. The Hall–Kier alpha value is -3.55. The number of benzene rings is 2. The number of carbonyl (C=O) groups is 3. The lowest BCUT2D eigenvalue weighted by Gasteiger charge is -2.30. The van der Waals surface area contributed by atoms with Crippen LogP contribution in [0.3, 0.4) is 0 Å². The number of ether oxygens (including phenoxy) is 2. The summed E-state index contributed by atoms with van der Waals surface area (Å²) in [5.41, 5.74) is 0.522. The molecule has 8 heteroatoms. The lowest BCUT2D eigenvalue weighted by Crippen LogP contribution is -2.47. The van der Waals surface area contributed by atoms with E-state index in [0.717, 1.165) is 10.5 Å². The van der Waals surface area contributed by atoms with Crippen LogP contribution in [0.5, 0.6) is 11.5 Å². The van der Waals surface area contributed by atoms with Crippen LogP contribution in [0.15, 0.2) is 48.5 Å². The lowest BCUT2D eigenvalue weighted by atomic mass is 9.91. The van der Waals surface area contributed by atoms with E-state index in [1.807, 2.05) is 55.5 Å². The van der Waals surface area contributed by atoms with E-state index in [2.05, 4.69) is 5.32 Å². The van der Waals surface area contributed by atoms with Gasteiger partial charge in [0.1, 0.15) is 18.7 Å². The molecule has 0 radical (unpaired) electrons. The number of nitrogens with zero attached hydrogens (tertiary/aromatic N) is 2. The molecule has 4 rings (SSSR count). The van der Waals surface area contributed by atoms with Crippen LogP contribution in [0.4, 0.5) is 4.79 Å². The topological polar surface area (TPSA) is 88.2 Å². The Kier molecular flexibility index (Phi) is 5.31. The van der Waals surface area contributed by atoms with Crippen LogP contribution in [-0.4, -0.2) is 60.5 Å². The second-order valence-corrected chi connectivity index (χ2v) is 8.08. The van der Waals surface area contributed by atoms with Crippen LogP contribution in [0, 0.1) is 6.92 Å². The average Bonchev–Trinajstić information content (AvgIpc) is 2.97. The number of hydrogen-bond acceptors (Lipinski definition) is 5. The first kappa shape index (κ1) is 20.7. The minimum atomic E-state index is -1.20. The summed E-state index contributed by atoms with van der Waals surface area (Å²) >= 11 is 0. The molecule has 162 valence electrons. The van der Waals surface area contributed by atoms with Crippen LogP contribution in [0.2, 0.25) is 0 Å². The molecule has 0 spiro atoms. The summed E-state index contributed by atoms with van der Waals surface area (Å²) in [7, 11) is 1.61. The molecule has 0 aromatic heterocycles. The molecule has 2 atom stereocenters. The van der Waals surface area contributed by atoms with E-state index in [1.165, 1.54) is 4.90 Å². The van der Waals surface area contributed by atoms with Crippen LogP contribution in [-0.2, 0) is 15.1 Å². The number of hydrogen-bond donors (Lipinski definition) is 1. The predicted octanol–water partition coefficient (Wildman–Crippen LogP) is 2.06. The van der Waals surface area contributed by atoms with E-state index in [-0.39, 0.29) is 25.1 Å². The number of amides is 4. The van der Waals surface area contributed by atoms with Crippen molar-refractivity contribution in [2.75, 3.05) is 26.7 Å². The molecule has 1 saturated heterocycles. The van der Waals surface area contributed by atoms with Crippen LogP contribution >= 0.6 is 0 Å². The van der Waals surface area contributed by atoms with E-state index >= 15 is 0 Å². The van der Waals surface area contributed by atoms with Gasteiger partial charge in [0.05, 0.1) is 6.54 Å². The van der Waals surface area contributed by atoms with Gasteiger partial charge in [-0.25, -0.2) is 4.79 Å². The first-order valence-electron chi connectivity index (χ1n) is 10.1. The molecule has 8 nitrogen and oxygen atoms in total. The third-order valence-electron chi connectivity index (χ3n) is 5.67. The molecule has 2 heterocycles. The smallest absolute Gasteiger partial charge is 0.325 e. The Bertz CT molecular complexity index is 1020. The number of nitrogens with one attached hydrogen (secondary N) is 1. The summed E-state index contributed by atoms with van der Waals surface area (Å²) in [5.74, 6) is 0.485. The number of imide groups is 1. The van der Waals surface area contributed by atoms with Crippen LogP contribution in [0.25, 0.3) is 0 Å². The fraction of sp³-hybridized carbons (Fsp3) is 0.348. The molecule has 0 bridgehead atoms. The summed E-state index contributed by atoms with van der Waals surface area (Å²) in [6.45, 7) is 3.83. The van der Waals surface area contributed by atoms with E-state index in [1.54, 1.807) is 14.0 Å². The highest BCUT2D eigenvalue weighted by Gasteiger charge is 2.49. The Labute approximate surface area is 180 Å². The van der Waals surface area contributed by atoms with Crippen molar-refractivity contribution in [2.45, 2.75) is 25.5 Å².